The number of benzene rings is 2. The average Bonchev–Trinajstić information content (AvgIpc) is 3.35. The number of thiocarbonyl (C=S) groups is 1. The van der Waals surface area contributed by atoms with Crippen molar-refractivity contribution in [3.8, 4) is 11.4 Å². The van der Waals surface area contributed by atoms with Crippen molar-refractivity contribution in [2.45, 2.75) is 32.9 Å². The molecule has 2 aromatic carbocycles. The molecular weight excluding hydrogens is 520 g/mol. The van der Waals surface area contributed by atoms with Gasteiger partial charge in [0.2, 0.25) is 0 Å². The van der Waals surface area contributed by atoms with Gasteiger partial charge in [-0.15, -0.1) is 0 Å². The van der Waals surface area contributed by atoms with Crippen LogP contribution < -0.4 is 15.0 Å². The first-order valence-corrected chi connectivity index (χ1v) is 12.9. The Kier molecular flexibility index (Phi) is 6.62. The second-order valence-corrected chi connectivity index (χ2v) is 9.87. The Bertz CT molecular complexity index is 1350. The summed E-state index contributed by atoms with van der Waals surface area (Å²) in [4.78, 5) is 6.89. The van der Waals surface area contributed by atoms with Crippen molar-refractivity contribution in [2.75, 3.05) is 11.5 Å². The summed E-state index contributed by atoms with van der Waals surface area (Å²) in [5.74, 6) is 0.847. The first-order chi connectivity index (χ1) is 17.0. The molecule has 0 radical (unpaired) electrons. The number of hydrogen-bond donors (Lipinski definition) is 1. The number of hydrogen-bond acceptors (Lipinski definition) is 3. The lowest BCUT2D eigenvalue weighted by Gasteiger charge is -2.28. The zero-order chi connectivity index (χ0) is 24.5. The minimum atomic E-state index is -0.0910. The van der Waals surface area contributed by atoms with E-state index < -0.39 is 0 Å². The summed E-state index contributed by atoms with van der Waals surface area (Å²) in [5.41, 5.74) is 6.64. The molecule has 0 aliphatic carbocycles. The molecule has 4 aromatic rings. The van der Waals surface area contributed by atoms with Crippen LogP contribution in [0.3, 0.4) is 0 Å². The van der Waals surface area contributed by atoms with E-state index in [1.165, 1.54) is 17.0 Å². The van der Waals surface area contributed by atoms with Gasteiger partial charge in [0.05, 0.1) is 24.4 Å². The van der Waals surface area contributed by atoms with Crippen molar-refractivity contribution >= 4 is 38.9 Å². The summed E-state index contributed by atoms with van der Waals surface area (Å²) < 4.78 is 9.01. The van der Waals surface area contributed by atoms with Crippen molar-refractivity contribution < 1.29 is 4.74 Å². The minimum Gasteiger partial charge on any atom is -0.494 e. The van der Waals surface area contributed by atoms with E-state index >= 15 is 0 Å². The van der Waals surface area contributed by atoms with E-state index in [1.54, 1.807) is 0 Å². The molecule has 1 aliphatic rings. The van der Waals surface area contributed by atoms with E-state index in [1.807, 2.05) is 43.5 Å². The number of halogens is 1. The summed E-state index contributed by atoms with van der Waals surface area (Å²) in [5, 5.41) is 4.24. The fraction of sp³-hybridized carbons (Fsp3) is 0.214. The molecule has 5 nitrogen and oxygen atoms in total. The maximum absolute atomic E-state index is 5.90. The highest BCUT2D eigenvalue weighted by Gasteiger charge is 2.42. The normalized spacial score (nSPS) is 17.5. The fourth-order valence-corrected chi connectivity index (χ4v) is 5.65. The third-order valence-electron chi connectivity index (χ3n) is 6.38. The summed E-state index contributed by atoms with van der Waals surface area (Å²) in [6.45, 7) is 6.95. The topological polar surface area (TPSA) is 42.3 Å². The maximum Gasteiger partial charge on any atom is 0.174 e. The molecule has 0 bridgehead atoms. The van der Waals surface area contributed by atoms with Gasteiger partial charge in [-0.25, -0.2) is 0 Å². The van der Waals surface area contributed by atoms with Gasteiger partial charge in [-0.2, -0.15) is 0 Å². The summed E-state index contributed by atoms with van der Waals surface area (Å²) in [6.07, 6.45) is 1.83. The third kappa shape index (κ3) is 4.46. The van der Waals surface area contributed by atoms with Crippen LogP contribution in [0.2, 0.25) is 0 Å². The van der Waals surface area contributed by atoms with Gasteiger partial charge in [0.25, 0.3) is 0 Å². The predicted molar refractivity (Wildman–Crippen MR) is 148 cm³/mol. The second kappa shape index (κ2) is 9.84. The lowest BCUT2D eigenvalue weighted by molar-refractivity contribution is 0.340. The average molecular weight is 548 g/mol. The lowest BCUT2D eigenvalue weighted by Crippen LogP contribution is -2.29. The van der Waals surface area contributed by atoms with E-state index in [4.69, 9.17) is 17.0 Å². The monoisotopic (exact) mass is 546 g/mol. The number of nitrogens with one attached hydrogen (secondary N) is 1. The highest BCUT2D eigenvalue weighted by atomic mass is 79.9. The molecule has 0 spiro atoms. The molecule has 2 aromatic heterocycles. The van der Waals surface area contributed by atoms with Crippen molar-refractivity contribution in [1.29, 1.82) is 0 Å². The van der Waals surface area contributed by atoms with Crippen molar-refractivity contribution in [2.24, 2.45) is 0 Å². The first-order valence-electron chi connectivity index (χ1n) is 11.7. The van der Waals surface area contributed by atoms with Crippen molar-refractivity contribution in [3.05, 3.63) is 106 Å². The van der Waals surface area contributed by atoms with Gasteiger partial charge in [-0.05, 0) is 99.2 Å². The molecule has 7 heteroatoms. The molecule has 1 fully saturated rings. The number of nitrogens with zero attached hydrogens (tertiary/aromatic N) is 3. The third-order valence-corrected chi connectivity index (χ3v) is 7.19. The van der Waals surface area contributed by atoms with Gasteiger partial charge in [0, 0.05) is 33.4 Å². The molecule has 1 N–H and O–H groups in total. The van der Waals surface area contributed by atoms with E-state index in [2.05, 4.69) is 92.0 Å². The molecule has 0 saturated carbocycles. The quantitative estimate of drug-likeness (QED) is 0.268. The summed E-state index contributed by atoms with van der Waals surface area (Å²) in [7, 11) is 0. The van der Waals surface area contributed by atoms with E-state index in [0.29, 0.717) is 11.7 Å². The highest BCUT2D eigenvalue weighted by molar-refractivity contribution is 9.10. The number of aromatic nitrogens is 2. The summed E-state index contributed by atoms with van der Waals surface area (Å²) in [6, 6.07) is 24.6. The molecule has 3 heterocycles. The van der Waals surface area contributed by atoms with Gasteiger partial charge in [-0.1, -0.05) is 28.1 Å². The number of ether oxygens (including phenoxy) is 1. The van der Waals surface area contributed by atoms with Gasteiger partial charge in [-0.3, -0.25) is 4.98 Å². The number of aryl methyl sites for hydroxylation is 1. The zero-order valence-corrected chi connectivity index (χ0v) is 22.3. The van der Waals surface area contributed by atoms with Crippen LogP contribution in [-0.4, -0.2) is 21.3 Å². The summed E-state index contributed by atoms with van der Waals surface area (Å²) >= 11 is 9.52. The van der Waals surface area contributed by atoms with Gasteiger partial charge in [0.15, 0.2) is 5.11 Å². The van der Waals surface area contributed by atoms with Gasteiger partial charge in [0.1, 0.15) is 5.75 Å². The molecule has 1 aliphatic heterocycles. The Morgan fingerprint density at radius 2 is 1.80 bits per heavy atom. The van der Waals surface area contributed by atoms with Crippen LogP contribution in [0, 0.1) is 13.8 Å². The largest absolute Gasteiger partial charge is 0.494 e. The molecule has 2 atom stereocenters. The first kappa shape index (κ1) is 23.6. The van der Waals surface area contributed by atoms with Gasteiger partial charge < -0.3 is 19.5 Å². The number of anilines is 1. The Morgan fingerprint density at radius 3 is 2.49 bits per heavy atom. The van der Waals surface area contributed by atoms with Crippen molar-refractivity contribution in [3.63, 3.8) is 0 Å². The Morgan fingerprint density at radius 1 is 1.00 bits per heavy atom. The number of pyridine rings is 1. The fourth-order valence-electron chi connectivity index (χ4n) is 4.92. The Labute approximate surface area is 219 Å². The molecule has 35 heavy (non-hydrogen) atoms. The van der Waals surface area contributed by atoms with Crippen LogP contribution in [0.1, 0.15) is 41.7 Å². The highest BCUT2D eigenvalue weighted by Crippen LogP contribution is 2.44. The van der Waals surface area contributed by atoms with E-state index in [9.17, 15) is 0 Å². The predicted octanol–water partition coefficient (Wildman–Crippen LogP) is 6.83. The van der Waals surface area contributed by atoms with Crippen LogP contribution in [-0.2, 0) is 0 Å². The Hall–Kier alpha value is -3.16. The molecule has 178 valence electrons. The molecule has 1 saturated heterocycles. The number of rotatable bonds is 6. The van der Waals surface area contributed by atoms with E-state index in [-0.39, 0.29) is 12.1 Å². The SMILES string of the molecule is CCOc1ccc(N2C(=S)N[C@H](c3ccccn3)[C@H]2c2cc(C)n(-c3cccc(Br)c3)c2C)cc1. The molecular formula is C28H27BrN4OS. The standard InChI is InChI=1S/C28H27BrN4OS/c1-4-34-23-13-11-21(12-14-23)33-27(26(31-28(33)35)25-10-5-6-15-30-25)24-16-18(2)32(19(24)3)22-9-7-8-20(29)17-22/h5-17,26-27H,4H2,1-3H3,(H,31,35)/t26-,27-/m1/s1. The van der Waals surface area contributed by atoms with E-state index in [0.717, 1.165) is 27.3 Å². The van der Waals surface area contributed by atoms with Crippen LogP contribution in [0.15, 0.2) is 83.5 Å². The Balaban J connectivity index is 1.64. The second-order valence-electron chi connectivity index (χ2n) is 8.57. The van der Waals surface area contributed by atoms with Crippen LogP contribution in [0.25, 0.3) is 5.69 Å². The lowest BCUT2D eigenvalue weighted by atomic mass is 9.96. The van der Waals surface area contributed by atoms with Crippen LogP contribution in [0.5, 0.6) is 5.75 Å². The van der Waals surface area contributed by atoms with Crippen molar-refractivity contribution in [1.82, 2.24) is 14.9 Å². The smallest absolute Gasteiger partial charge is 0.174 e. The molecule has 0 unspecified atom stereocenters. The maximum atomic E-state index is 5.90. The van der Waals surface area contributed by atoms with Crippen LogP contribution in [0.4, 0.5) is 5.69 Å². The molecule has 5 rings (SSSR count). The molecule has 0 amide bonds. The van der Waals surface area contributed by atoms with Gasteiger partial charge >= 0.3 is 0 Å². The zero-order valence-electron chi connectivity index (χ0n) is 19.9. The minimum absolute atomic E-state index is 0.0672. The van der Waals surface area contributed by atoms with Crippen LogP contribution >= 0.6 is 28.1 Å².